The first-order chi connectivity index (χ1) is 22.6. The number of hydrogen-bond donors (Lipinski definition) is 3. The molecule has 236 valence electrons. The van der Waals surface area contributed by atoms with E-state index < -0.39 is 11.6 Å². The van der Waals surface area contributed by atoms with Gasteiger partial charge in [0, 0.05) is 31.1 Å². The molecular formula is C38H39N3O5. The number of carbonyl (C=O) groups excluding carboxylic acids is 1. The number of carbonyl (C=O) groups is 1. The molecule has 0 bridgehead atoms. The second-order valence-corrected chi connectivity index (χ2v) is 11.6. The van der Waals surface area contributed by atoms with Crippen LogP contribution in [0.4, 0.5) is 0 Å². The Balaban J connectivity index is 1.34. The van der Waals surface area contributed by atoms with E-state index >= 15 is 0 Å². The maximum atomic E-state index is 14.5. The second-order valence-electron chi connectivity index (χ2n) is 11.6. The smallest absolute Gasteiger partial charge is 0.266 e. The number of benzene rings is 4. The first kappa shape index (κ1) is 31.1. The fraction of sp³-hybridized carbons (Fsp3) is 0.263. The molecule has 0 unspecified atom stereocenters. The van der Waals surface area contributed by atoms with Crippen molar-refractivity contribution >= 4 is 17.9 Å². The lowest BCUT2D eigenvalue weighted by atomic mass is 9.84. The fourth-order valence-electron chi connectivity index (χ4n) is 6.00. The van der Waals surface area contributed by atoms with Crippen LogP contribution in [0.2, 0.25) is 0 Å². The number of hydrogen-bond acceptors (Lipinski definition) is 7. The molecule has 2 atom stereocenters. The van der Waals surface area contributed by atoms with E-state index in [2.05, 4.69) is 23.0 Å². The number of fused-ring (bicyclic) bond motifs is 1. The van der Waals surface area contributed by atoms with Crippen LogP contribution in [0, 0.1) is 0 Å². The van der Waals surface area contributed by atoms with Crippen LogP contribution in [0.25, 0.3) is 6.08 Å². The summed E-state index contributed by atoms with van der Waals surface area (Å²) in [6.45, 7) is 0.487. The quantitative estimate of drug-likeness (QED) is 0.133. The summed E-state index contributed by atoms with van der Waals surface area (Å²) < 4.78 is 17.9. The Bertz CT molecular complexity index is 1660. The van der Waals surface area contributed by atoms with E-state index in [9.17, 15) is 4.79 Å². The van der Waals surface area contributed by atoms with Crippen LogP contribution in [-0.4, -0.2) is 48.8 Å². The topological polar surface area (TPSA) is 101 Å². The zero-order valence-corrected chi connectivity index (χ0v) is 25.9. The van der Waals surface area contributed by atoms with Gasteiger partial charge >= 0.3 is 0 Å². The molecule has 4 aromatic carbocycles. The number of aliphatic hydroxyl groups excluding tert-OH is 1. The van der Waals surface area contributed by atoms with Crippen molar-refractivity contribution < 1.29 is 24.1 Å². The minimum absolute atomic E-state index is 0.0673. The van der Waals surface area contributed by atoms with Crippen LogP contribution in [0.1, 0.15) is 46.8 Å². The molecule has 1 aliphatic heterocycles. The number of aliphatic imine (C=N–C) groups is 1. The molecule has 2 aliphatic rings. The molecule has 0 fully saturated rings. The lowest BCUT2D eigenvalue weighted by molar-refractivity contribution is -0.130. The predicted molar refractivity (Wildman–Crippen MR) is 179 cm³/mol. The maximum Gasteiger partial charge on any atom is 0.266 e. The number of nitrogens with one attached hydrogen (secondary N) is 2. The third-order valence-electron chi connectivity index (χ3n) is 8.41. The second kappa shape index (κ2) is 14.5. The summed E-state index contributed by atoms with van der Waals surface area (Å²) in [5, 5.41) is 9.08. The molecule has 1 amide bonds. The number of hydrazine groups is 1. The number of methoxy groups -OCH3 is 1. The van der Waals surface area contributed by atoms with Crippen LogP contribution >= 0.6 is 0 Å². The highest BCUT2D eigenvalue weighted by Gasteiger charge is 2.53. The number of nitrogens with zero attached hydrogens (tertiary/aromatic N) is 1. The van der Waals surface area contributed by atoms with E-state index in [0.717, 1.165) is 29.5 Å². The first-order valence-electron chi connectivity index (χ1n) is 15.7. The molecule has 0 spiro atoms. The molecular weight excluding hydrogens is 578 g/mol. The minimum Gasteiger partial charge on any atom is -0.497 e. The predicted octanol–water partition coefficient (Wildman–Crippen LogP) is 5.61. The zero-order valence-electron chi connectivity index (χ0n) is 25.9. The van der Waals surface area contributed by atoms with Crippen molar-refractivity contribution in [3.63, 3.8) is 0 Å². The standard InChI is InChI=1S/C38H39N3O5/c1-44-34-16-7-15-31(26-34)35-38(21-8-12-27-10-3-2-4-11-27,37(43)41-40-32-24-29-13-5-6-14-30(29)25-32)39-36(46-35)28-17-19-33(20-18-28)45-23-9-22-42/h2-8,10-20,26,32,35,40,42H,9,21-25H2,1H3,(H,41,43)/b12-8+/t35-,38-/m0/s1. The zero-order chi connectivity index (χ0) is 31.8. The highest BCUT2D eigenvalue weighted by atomic mass is 16.5. The van der Waals surface area contributed by atoms with Gasteiger partial charge in [0.15, 0.2) is 11.6 Å². The average Bonchev–Trinajstić information content (AvgIpc) is 3.71. The molecule has 0 saturated heterocycles. The van der Waals surface area contributed by atoms with Gasteiger partial charge in [-0.05, 0) is 71.5 Å². The molecule has 8 heteroatoms. The summed E-state index contributed by atoms with van der Waals surface area (Å²) in [4.78, 5) is 19.6. The van der Waals surface area contributed by atoms with E-state index in [-0.39, 0.29) is 25.0 Å². The van der Waals surface area contributed by atoms with Crippen LogP contribution in [0.15, 0.2) is 114 Å². The third kappa shape index (κ3) is 6.98. The number of amides is 1. The first-order valence-corrected chi connectivity index (χ1v) is 15.7. The highest BCUT2D eigenvalue weighted by Crippen LogP contribution is 2.43. The summed E-state index contributed by atoms with van der Waals surface area (Å²) in [5.41, 5.74) is 10.1. The number of aliphatic hydroxyl groups is 1. The van der Waals surface area contributed by atoms with Crippen LogP contribution in [0.3, 0.4) is 0 Å². The number of ether oxygens (including phenoxy) is 3. The molecule has 8 nitrogen and oxygen atoms in total. The van der Waals surface area contributed by atoms with E-state index in [1.165, 1.54) is 11.1 Å². The van der Waals surface area contributed by atoms with Crippen molar-refractivity contribution in [1.29, 1.82) is 0 Å². The van der Waals surface area contributed by atoms with Gasteiger partial charge in [0.05, 0.1) is 13.7 Å². The fourth-order valence-corrected chi connectivity index (χ4v) is 6.00. The largest absolute Gasteiger partial charge is 0.497 e. The molecule has 0 radical (unpaired) electrons. The van der Waals surface area contributed by atoms with E-state index in [0.29, 0.717) is 30.4 Å². The molecule has 3 N–H and O–H groups in total. The van der Waals surface area contributed by atoms with Crippen molar-refractivity contribution in [3.05, 3.63) is 137 Å². The monoisotopic (exact) mass is 617 g/mol. The maximum absolute atomic E-state index is 14.5. The Morgan fingerprint density at radius 2 is 1.70 bits per heavy atom. The van der Waals surface area contributed by atoms with Gasteiger partial charge in [-0.1, -0.05) is 78.9 Å². The average molecular weight is 618 g/mol. The van der Waals surface area contributed by atoms with Crippen LogP contribution in [0.5, 0.6) is 11.5 Å². The van der Waals surface area contributed by atoms with Crippen LogP contribution in [-0.2, 0) is 22.4 Å². The SMILES string of the molecule is COc1cccc([C@@H]2OC(c3ccc(OCCCO)cc3)=N[C@]2(C/C=C/c2ccccc2)C(=O)NNC2Cc3ccccc3C2)c1. The Morgan fingerprint density at radius 3 is 2.41 bits per heavy atom. The Hall–Kier alpha value is -4.92. The molecule has 46 heavy (non-hydrogen) atoms. The van der Waals surface area contributed by atoms with Gasteiger partial charge in [0.1, 0.15) is 11.5 Å². The Kier molecular flexibility index (Phi) is 9.76. The molecule has 4 aromatic rings. The van der Waals surface area contributed by atoms with E-state index in [4.69, 9.17) is 24.3 Å². The molecule has 1 heterocycles. The summed E-state index contributed by atoms with van der Waals surface area (Å²) in [6.07, 6.45) is 5.75. The normalized spacial score (nSPS) is 19.0. The van der Waals surface area contributed by atoms with Gasteiger partial charge in [-0.15, -0.1) is 0 Å². The molecule has 0 saturated carbocycles. The summed E-state index contributed by atoms with van der Waals surface area (Å²) in [7, 11) is 1.62. The number of rotatable bonds is 13. The molecule has 6 rings (SSSR count). The summed E-state index contributed by atoms with van der Waals surface area (Å²) >= 11 is 0. The highest BCUT2D eigenvalue weighted by molar-refractivity contribution is 6.01. The van der Waals surface area contributed by atoms with Gasteiger partial charge in [0.25, 0.3) is 5.91 Å². The lowest BCUT2D eigenvalue weighted by Crippen LogP contribution is -2.55. The van der Waals surface area contributed by atoms with Crippen molar-refractivity contribution in [3.8, 4) is 11.5 Å². The van der Waals surface area contributed by atoms with Gasteiger partial charge in [-0.25, -0.2) is 10.4 Å². The van der Waals surface area contributed by atoms with E-state index in [1.807, 2.05) is 103 Å². The van der Waals surface area contributed by atoms with Crippen LogP contribution < -0.4 is 20.3 Å². The van der Waals surface area contributed by atoms with Crippen molar-refractivity contribution in [2.24, 2.45) is 4.99 Å². The minimum atomic E-state index is -1.33. The van der Waals surface area contributed by atoms with Gasteiger partial charge in [-0.2, -0.15) is 0 Å². The Morgan fingerprint density at radius 1 is 0.957 bits per heavy atom. The Labute approximate surface area is 269 Å². The lowest BCUT2D eigenvalue weighted by Gasteiger charge is -2.30. The molecule has 0 aromatic heterocycles. The summed E-state index contributed by atoms with van der Waals surface area (Å²) in [6, 6.07) is 33.4. The van der Waals surface area contributed by atoms with Gasteiger partial charge in [0.2, 0.25) is 5.90 Å². The van der Waals surface area contributed by atoms with Crippen molar-refractivity contribution in [1.82, 2.24) is 10.9 Å². The van der Waals surface area contributed by atoms with E-state index in [1.54, 1.807) is 7.11 Å². The molecule has 1 aliphatic carbocycles. The van der Waals surface area contributed by atoms with Gasteiger partial charge < -0.3 is 19.3 Å². The third-order valence-corrected chi connectivity index (χ3v) is 8.41. The van der Waals surface area contributed by atoms with Gasteiger partial charge in [-0.3, -0.25) is 10.2 Å². The van der Waals surface area contributed by atoms with Crippen molar-refractivity contribution in [2.75, 3.05) is 20.3 Å². The summed E-state index contributed by atoms with van der Waals surface area (Å²) in [5.74, 6) is 1.42. The van der Waals surface area contributed by atoms with Crippen molar-refractivity contribution in [2.45, 2.75) is 43.4 Å².